The van der Waals surface area contributed by atoms with Crippen LogP contribution in [-0.4, -0.2) is 23.3 Å². The van der Waals surface area contributed by atoms with E-state index < -0.39 is 5.97 Å². The van der Waals surface area contributed by atoms with Crippen LogP contribution in [0.1, 0.15) is 15.9 Å². The lowest BCUT2D eigenvalue weighted by atomic mass is 10.2. The number of esters is 1. The highest BCUT2D eigenvalue weighted by molar-refractivity contribution is 8.27. The normalized spacial score (nSPS) is 15.8. The highest BCUT2D eigenvalue weighted by Gasteiger charge is 2.33. The summed E-state index contributed by atoms with van der Waals surface area (Å²) in [6.07, 6.45) is 1.67. The van der Waals surface area contributed by atoms with E-state index >= 15 is 0 Å². The Labute approximate surface area is 153 Å². The van der Waals surface area contributed by atoms with Gasteiger partial charge in [0.2, 0.25) is 0 Å². The number of carbonyl (C=O) groups excluding carboxylic acids is 2. The highest BCUT2D eigenvalue weighted by atomic mass is 32.2. The second kappa shape index (κ2) is 7.16. The summed E-state index contributed by atoms with van der Waals surface area (Å²) >= 11 is 6.47. The molecule has 0 bridgehead atoms. The first-order valence-electron chi connectivity index (χ1n) is 7.21. The number of hydrogen-bond donors (Lipinski definition) is 0. The molecule has 0 aliphatic carbocycles. The van der Waals surface area contributed by atoms with Crippen molar-refractivity contribution in [2.75, 3.05) is 12.0 Å². The van der Waals surface area contributed by atoms with Crippen molar-refractivity contribution in [3.63, 3.8) is 0 Å². The molecule has 0 radical (unpaired) electrons. The fourth-order valence-electron chi connectivity index (χ4n) is 2.27. The van der Waals surface area contributed by atoms with E-state index in [1.165, 1.54) is 35.9 Å². The van der Waals surface area contributed by atoms with Crippen LogP contribution in [0.2, 0.25) is 0 Å². The number of thiocarbonyl (C=S) groups is 1. The average Bonchev–Trinajstić information content (AvgIpc) is 2.90. The molecule has 0 aromatic heterocycles. The monoisotopic (exact) mass is 373 g/mol. The summed E-state index contributed by atoms with van der Waals surface area (Å²) in [4.78, 5) is 26.0. The summed E-state index contributed by atoms with van der Waals surface area (Å²) in [7, 11) is 1.30. The third-order valence-electron chi connectivity index (χ3n) is 3.51. The zero-order valence-electron chi connectivity index (χ0n) is 13.1. The summed E-state index contributed by atoms with van der Waals surface area (Å²) in [6.45, 7) is 0. The molecule has 0 N–H and O–H groups in total. The quantitative estimate of drug-likeness (QED) is 0.462. The van der Waals surface area contributed by atoms with Gasteiger partial charge in [0.1, 0.15) is 5.82 Å². The van der Waals surface area contributed by atoms with E-state index in [-0.39, 0.29) is 11.7 Å². The Bertz CT molecular complexity index is 876. The number of halogens is 1. The van der Waals surface area contributed by atoms with Crippen molar-refractivity contribution in [2.24, 2.45) is 0 Å². The standard InChI is InChI=1S/C18H12FNO3S2/c1-23-17(22)12-4-8-14(9-5-12)20-16(21)15(25-18(20)24)10-11-2-6-13(19)7-3-11/h2-10H,1H3/b15-10-. The highest BCUT2D eigenvalue weighted by Crippen LogP contribution is 2.36. The van der Waals surface area contributed by atoms with Crippen molar-refractivity contribution in [1.82, 2.24) is 0 Å². The van der Waals surface area contributed by atoms with E-state index in [4.69, 9.17) is 12.2 Å². The van der Waals surface area contributed by atoms with Crippen molar-refractivity contribution in [1.29, 1.82) is 0 Å². The van der Waals surface area contributed by atoms with E-state index in [1.54, 1.807) is 42.5 Å². The number of methoxy groups -OCH3 is 1. The summed E-state index contributed by atoms with van der Waals surface area (Å²) in [5.74, 6) is -1.05. The molecular weight excluding hydrogens is 361 g/mol. The third kappa shape index (κ3) is 3.62. The van der Waals surface area contributed by atoms with E-state index in [0.29, 0.717) is 26.0 Å². The van der Waals surface area contributed by atoms with Crippen LogP contribution in [0.25, 0.3) is 6.08 Å². The number of anilines is 1. The zero-order chi connectivity index (χ0) is 18.0. The molecule has 1 fully saturated rings. The Hall–Kier alpha value is -2.51. The number of amides is 1. The topological polar surface area (TPSA) is 46.6 Å². The second-order valence-corrected chi connectivity index (χ2v) is 6.78. The predicted molar refractivity (Wildman–Crippen MR) is 99.8 cm³/mol. The van der Waals surface area contributed by atoms with Crippen LogP contribution in [0.5, 0.6) is 0 Å². The van der Waals surface area contributed by atoms with Gasteiger partial charge in [-0.05, 0) is 48.0 Å². The first-order valence-corrected chi connectivity index (χ1v) is 8.44. The predicted octanol–water partition coefficient (Wildman–Crippen LogP) is 4.02. The van der Waals surface area contributed by atoms with Gasteiger partial charge in [-0.15, -0.1) is 0 Å². The van der Waals surface area contributed by atoms with Crippen LogP contribution >= 0.6 is 24.0 Å². The van der Waals surface area contributed by atoms with Gasteiger partial charge < -0.3 is 4.74 Å². The summed E-state index contributed by atoms with van der Waals surface area (Å²) in [5.41, 5.74) is 1.67. The maximum atomic E-state index is 13.0. The van der Waals surface area contributed by atoms with Gasteiger partial charge in [0.25, 0.3) is 5.91 Å². The van der Waals surface area contributed by atoms with Gasteiger partial charge in [-0.1, -0.05) is 36.1 Å². The number of ether oxygens (including phenoxy) is 1. The molecule has 0 unspecified atom stereocenters. The Morgan fingerprint density at radius 1 is 1.16 bits per heavy atom. The van der Waals surface area contributed by atoms with Gasteiger partial charge in [-0.3, -0.25) is 9.69 Å². The van der Waals surface area contributed by atoms with E-state index in [1.807, 2.05) is 0 Å². The lowest BCUT2D eigenvalue weighted by molar-refractivity contribution is -0.113. The lowest BCUT2D eigenvalue weighted by Crippen LogP contribution is -2.27. The molecule has 1 heterocycles. The molecule has 0 atom stereocenters. The van der Waals surface area contributed by atoms with Crippen molar-refractivity contribution < 1.29 is 18.7 Å². The van der Waals surface area contributed by atoms with Gasteiger partial charge in [0, 0.05) is 0 Å². The summed E-state index contributed by atoms with van der Waals surface area (Å²) in [5, 5.41) is 0. The lowest BCUT2D eigenvalue weighted by Gasteiger charge is -2.14. The molecule has 3 rings (SSSR count). The van der Waals surface area contributed by atoms with Gasteiger partial charge in [-0.25, -0.2) is 9.18 Å². The van der Waals surface area contributed by atoms with Crippen molar-refractivity contribution in [3.05, 3.63) is 70.4 Å². The number of benzene rings is 2. The fourth-order valence-corrected chi connectivity index (χ4v) is 3.56. The minimum Gasteiger partial charge on any atom is -0.465 e. The number of carbonyl (C=O) groups is 2. The molecule has 1 aliphatic heterocycles. The first-order chi connectivity index (χ1) is 12.0. The van der Waals surface area contributed by atoms with Crippen LogP contribution in [-0.2, 0) is 9.53 Å². The average molecular weight is 373 g/mol. The maximum Gasteiger partial charge on any atom is 0.337 e. The Morgan fingerprint density at radius 2 is 1.80 bits per heavy atom. The van der Waals surface area contributed by atoms with Gasteiger partial charge in [-0.2, -0.15) is 0 Å². The Kier molecular flexibility index (Phi) is 4.96. The molecule has 25 heavy (non-hydrogen) atoms. The number of rotatable bonds is 3. The van der Waals surface area contributed by atoms with Crippen LogP contribution < -0.4 is 4.90 Å². The molecule has 2 aromatic rings. The summed E-state index contributed by atoms with van der Waals surface area (Å²) < 4.78 is 18.0. The smallest absolute Gasteiger partial charge is 0.337 e. The van der Waals surface area contributed by atoms with Gasteiger partial charge in [0.05, 0.1) is 23.3 Å². The number of thioether (sulfide) groups is 1. The molecule has 2 aromatic carbocycles. The van der Waals surface area contributed by atoms with E-state index in [0.717, 1.165) is 0 Å². The largest absolute Gasteiger partial charge is 0.465 e. The van der Waals surface area contributed by atoms with Crippen molar-refractivity contribution in [2.45, 2.75) is 0 Å². The molecule has 4 nitrogen and oxygen atoms in total. The fraction of sp³-hybridized carbons (Fsp3) is 0.0556. The van der Waals surface area contributed by atoms with Gasteiger partial charge >= 0.3 is 5.97 Å². The molecule has 126 valence electrons. The van der Waals surface area contributed by atoms with Crippen LogP contribution in [0.15, 0.2) is 53.4 Å². The second-order valence-electron chi connectivity index (χ2n) is 5.11. The van der Waals surface area contributed by atoms with Crippen LogP contribution in [0.3, 0.4) is 0 Å². The number of hydrogen-bond acceptors (Lipinski definition) is 5. The van der Waals surface area contributed by atoms with Crippen molar-refractivity contribution in [3.8, 4) is 0 Å². The first kappa shape index (κ1) is 17.3. The minimum absolute atomic E-state index is 0.259. The number of nitrogens with zero attached hydrogens (tertiary/aromatic N) is 1. The van der Waals surface area contributed by atoms with Crippen molar-refractivity contribution >= 4 is 51.9 Å². The minimum atomic E-state index is -0.451. The molecule has 7 heteroatoms. The summed E-state index contributed by atoms with van der Waals surface area (Å²) in [6, 6.07) is 12.3. The van der Waals surface area contributed by atoms with Crippen LogP contribution in [0.4, 0.5) is 10.1 Å². The maximum absolute atomic E-state index is 13.0. The Balaban J connectivity index is 1.86. The van der Waals surface area contributed by atoms with E-state index in [2.05, 4.69) is 4.74 Å². The SMILES string of the molecule is COC(=O)c1ccc(N2C(=O)/C(=C/c3ccc(F)cc3)SC2=S)cc1. The molecule has 0 saturated carbocycles. The molecule has 1 aliphatic rings. The zero-order valence-corrected chi connectivity index (χ0v) is 14.7. The molecule has 0 spiro atoms. The molecular formula is C18H12FNO3S2. The molecule has 1 amide bonds. The van der Waals surface area contributed by atoms with Crippen LogP contribution in [0, 0.1) is 5.82 Å². The Morgan fingerprint density at radius 3 is 2.40 bits per heavy atom. The van der Waals surface area contributed by atoms with E-state index in [9.17, 15) is 14.0 Å². The van der Waals surface area contributed by atoms with Gasteiger partial charge in [0.15, 0.2) is 4.32 Å². The third-order valence-corrected chi connectivity index (χ3v) is 4.81. The molecule has 1 saturated heterocycles.